The van der Waals surface area contributed by atoms with Crippen LogP contribution in [0.3, 0.4) is 0 Å². The van der Waals surface area contributed by atoms with E-state index in [-0.39, 0.29) is 29.8 Å². The zero-order chi connectivity index (χ0) is 18.5. The predicted octanol–water partition coefficient (Wildman–Crippen LogP) is 1.77. The van der Waals surface area contributed by atoms with Gasteiger partial charge in [0, 0.05) is 22.0 Å². The number of thiocarbonyl (C=S) groups is 2. The Morgan fingerprint density at radius 2 is 0.880 bits per heavy atom. The van der Waals surface area contributed by atoms with Crippen LogP contribution in [0.25, 0.3) is 0 Å². The molecule has 0 spiro atoms. The van der Waals surface area contributed by atoms with Gasteiger partial charge in [0.25, 0.3) is 0 Å². The Balaban J connectivity index is -0.000000372. The average molecular weight is 614 g/mol. The molecule has 0 aliphatic rings. The number of hydrogen-bond donors (Lipinski definition) is 0. The van der Waals surface area contributed by atoms with Crippen molar-refractivity contribution in [1.29, 1.82) is 0 Å². The Bertz CT molecular complexity index is 272. The van der Waals surface area contributed by atoms with Gasteiger partial charge in [-0.25, -0.2) is 0 Å². The second-order valence-electron chi connectivity index (χ2n) is 3.82. The van der Waals surface area contributed by atoms with E-state index >= 15 is 0 Å². The van der Waals surface area contributed by atoms with Crippen LogP contribution >= 0.6 is 24.4 Å². The van der Waals surface area contributed by atoms with E-state index in [0.717, 1.165) is 13.2 Å². The minimum absolute atomic E-state index is 0. The molecule has 0 heterocycles. The second kappa shape index (κ2) is 27.0. The molecule has 0 aromatic carbocycles. The SMILES string of the molecule is CCOCCOCCOC(=S)[S-].CCOCCOCCOC(=S)[S-].[Pt+2]. The Morgan fingerprint density at radius 3 is 1.16 bits per heavy atom. The molecule has 0 atom stereocenters. The van der Waals surface area contributed by atoms with Gasteiger partial charge in [-0.15, -0.1) is 0 Å². The molecule has 0 unspecified atom stereocenters. The van der Waals surface area contributed by atoms with Gasteiger partial charge in [-0.1, -0.05) is 0 Å². The van der Waals surface area contributed by atoms with Crippen LogP contribution in [-0.4, -0.2) is 74.8 Å². The van der Waals surface area contributed by atoms with E-state index in [1.165, 1.54) is 0 Å². The van der Waals surface area contributed by atoms with Crippen molar-refractivity contribution in [3.05, 3.63) is 0 Å². The summed E-state index contributed by atoms with van der Waals surface area (Å²) in [7, 11) is 0. The standard InChI is InChI=1S/2C7H14O3S2.Pt/c2*1-2-8-3-4-9-5-6-10-7(11)12;/h2*2-6H2,1H3,(H,11,12);/q;;+2/p-2. The van der Waals surface area contributed by atoms with Crippen molar-refractivity contribution >= 4 is 58.5 Å². The quantitative estimate of drug-likeness (QED) is 0.165. The average Bonchev–Trinajstić information content (AvgIpc) is 2.53. The van der Waals surface area contributed by atoms with Crippen molar-refractivity contribution in [3.63, 3.8) is 0 Å². The first-order chi connectivity index (χ1) is 11.5. The first-order valence-corrected chi connectivity index (χ1v) is 9.16. The van der Waals surface area contributed by atoms with Crippen molar-refractivity contribution in [2.45, 2.75) is 13.8 Å². The molecule has 152 valence electrons. The Hall–Kier alpha value is 0.748. The first-order valence-electron chi connectivity index (χ1n) is 7.53. The summed E-state index contributed by atoms with van der Waals surface area (Å²) in [5, 5.41) is 0. The van der Waals surface area contributed by atoms with Crippen molar-refractivity contribution in [3.8, 4) is 0 Å². The number of rotatable bonds is 14. The zero-order valence-corrected chi connectivity index (χ0v) is 20.0. The topological polar surface area (TPSA) is 55.4 Å². The van der Waals surface area contributed by atoms with Crippen LogP contribution < -0.4 is 0 Å². The van der Waals surface area contributed by atoms with Crippen LogP contribution in [0.15, 0.2) is 0 Å². The molecule has 0 rings (SSSR count). The predicted molar refractivity (Wildman–Crippen MR) is 106 cm³/mol. The molecule has 0 bridgehead atoms. The molecule has 0 saturated carbocycles. The van der Waals surface area contributed by atoms with Gasteiger partial charge in [0.1, 0.15) is 13.2 Å². The molecule has 0 radical (unpaired) electrons. The molecule has 0 aromatic heterocycles. The van der Waals surface area contributed by atoms with Crippen molar-refractivity contribution in [2.75, 3.05) is 66.1 Å². The third kappa shape index (κ3) is 36.4. The third-order valence-electron chi connectivity index (χ3n) is 2.05. The maximum Gasteiger partial charge on any atom is 2.00 e. The molecule has 0 aliphatic carbocycles. The van der Waals surface area contributed by atoms with Gasteiger partial charge in [-0.3, -0.25) is 0 Å². The van der Waals surface area contributed by atoms with Gasteiger partial charge in [0.05, 0.1) is 39.6 Å². The van der Waals surface area contributed by atoms with E-state index in [1.807, 2.05) is 13.8 Å². The molecular formula is C14H26O6PtS4. The normalized spacial score (nSPS) is 9.36. The summed E-state index contributed by atoms with van der Waals surface area (Å²) in [4.78, 5) is 0. The molecular weight excluding hydrogens is 587 g/mol. The van der Waals surface area contributed by atoms with Crippen LogP contribution in [0.4, 0.5) is 0 Å². The van der Waals surface area contributed by atoms with Crippen LogP contribution in [0.5, 0.6) is 0 Å². The van der Waals surface area contributed by atoms with Crippen molar-refractivity contribution in [2.24, 2.45) is 0 Å². The van der Waals surface area contributed by atoms with Gasteiger partial charge in [0.2, 0.25) is 0 Å². The van der Waals surface area contributed by atoms with Crippen LogP contribution in [0.1, 0.15) is 13.8 Å². The van der Waals surface area contributed by atoms with Gasteiger partial charge in [0.15, 0.2) is 0 Å². The van der Waals surface area contributed by atoms with Crippen LogP contribution in [0, 0.1) is 0 Å². The monoisotopic (exact) mass is 613 g/mol. The maximum atomic E-state index is 5.13. The van der Waals surface area contributed by atoms with Crippen molar-refractivity contribution in [1.82, 2.24) is 0 Å². The Morgan fingerprint density at radius 1 is 0.600 bits per heavy atom. The summed E-state index contributed by atoms with van der Waals surface area (Å²) in [5.41, 5.74) is 0. The fourth-order valence-corrected chi connectivity index (χ4v) is 1.43. The third-order valence-corrected chi connectivity index (χ3v) is 2.52. The molecule has 0 amide bonds. The van der Waals surface area contributed by atoms with E-state index in [9.17, 15) is 0 Å². The zero-order valence-electron chi connectivity index (χ0n) is 14.5. The van der Waals surface area contributed by atoms with E-state index in [4.69, 9.17) is 28.4 Å². The minimum Gasteiger partial charge on any atom is -0.511 e. The smallest absolute Gasteiger partial charge is 0.511 e. The summed E-state index contributed by atoms with van der Waals surface area (Å²) < 4.78 is 30.3. The van der Waals surface area contributed by atoms with Gasteiger partial charge < -0.3 is 78.1 Å². The first kappa shape index (κ1) is 30.5. The van der Waals surface area contributed by atoms with E-state index in [2.05, 4.69) is 49.7 Å². The minimum atomic E-state index is 0. The van der Waals surface area contributed by atoms with Crippen LogP contribution in [-0.2, 0) is 74.7 Å². The Labute approximate surface area is 187 Å². The molecule has 0 aromatic rings. The fourth-order valence-electron chi connectivity index (χ4n) is 1.10. The summed E-state index contributed by atoms with van der Waals surface area (Å²) in [6, 6.07) is 0. The molecule has 6 nitrogen and oxygen atoms in total. The Kier molecular flexibility index (Phi) is 32.9. The van der Waals surface area contributed by atoms with E-state index in [1.54, 1.807) is 0 Å². The molecule has 11 heteroatoms. The van der Waals surface area contributed by atoms with E-state index < -0.39 is 0 Å². The second-order valence-corrected chi connectivity index (χ2v) is 5.82. The molecule has 0 fully saturated rings. The summed E-state index contributed by atoms with van der Waals surface area (Å²) in [6.45, 7) is 9.59. The van der Waals surface area contributed by atoms with Crippen molar-refractivity contribution < 1.29 is 49.5 Å². The number of ether oxygens (including phenoxy) is 6. The maximum absolute atomic E-state index is 5.13. The summed E-state index contributed by atoms with van der Waals surface area (Å²) >= 11 is 18.1. The summed E-state index contributed by atoms with van der Waals surface area (Å²) in [6.07, 6.45) is 0. The molecule has 0 saturated heterocycles. The molecule has 0 aliphatic heterocycles. The fraction of sp³-hybridized carbons (Fsp3) is 0.857. The van der Waals surface area contributed by atoms with Gasteiger partial charge >= 0.3 is 21.1 Å². The molecule has 0 N–H and O–H groups in total. The molecule has 25 heavy (non-hydrogen) atoms. The van der Waals surface area contributed by atoms with Gasteiger partial charge in [-0.05, 0) is 13.8 Å². The van der Waals surface area contributed by atoms with E-state index in [0.29, 0.717) is 52.9 Å². The van der Waals surface area contributed by atoms with Crippen LogP contribution in [0.2, 0.25) is 0 Å². The summed E-state index contributed by atoms with van der Waals surface area (Å²) in [5.74, 6) is 0. The van der Waals surface area contributed by atoms with Gasteiger partial charge in [-0.2, -0.15) is 0 Å². The number of hydrogen-bond acceptors (Lipinski definition) is 10. The largest absolute Gasteiger partial charge is 2.00 e.